The minimum absolute atomic E-state index is 0.0295. The van der Waals surface area contributed by atoms with Gasteiger partial charge in [-0.15, -0.1) is 0 Å². The van der Waals surface area contributed by atoms with Crippen LogP contribution in [0, 0.1) is 6.92 Å². The molecule has 0 atom stereocenters. The van der Waals surface area contributed by atoms with Crippen molar-refractivity contribution in [3.05, 3.63) is 53.7 Å². The number of rotatable bonds is 7. The Morgan fingerprint density at radius 1 is 1.09 bits per heavy atom. The molecule has 5 heteroatoms. The number of benzene rings is 1. The second-order valence-electron chi connectivity index (χ2n) is 5.15. The average Bonchev–Trinajstić information content (AvgIpc) is 2.54. The molecule has 4 N–H and O–H groups in total. The van der Waals surface area contributed by atoms with E-state index in [4.69, 9.17) is 5.73 Å². The number of unbranched alkanes of at least 4 members (excludes halogenated alkanes) is 1. The Kier molecular flexibility index (Phi) is 5.77. The lowest BCUT2D eigenvalue weighted by Gasteiger charge is -2.09. The summed E-state index contributed by atoms with van der Waals surface area (Å²) in [6.07, 6.45) is 1.83. The molecule has 0 fully saturated rings. The molecule has 5 nitrogen and oxygen atoms in total. The summed E-state index contributed by atoms with van der Waals surface area (Å²) in [4.78, 5) is 16.2. The monoisotopic (exact) mass is 298 g/mol. The van der Waals surface area contributed by atoms with Crippen molar-refractivity contribution >= 4 is 17.4 Å². The SMILES string of the molecule is Cc1ccc(N)c(NCCCCNC(=O)c2ccccc2)n1. The van der Waals surface area contributed by atoms with Crippen LogP contribution in [0.1, 0.15) is 28.9 Å². The van der Waals surface area contributed by atoms with Crippen molar-refractivity contribution in [3.63, 3.8) is 0 Å². The van der Waals surface area contributed by atoms with Gasteiger partial charge in [0.25, 0.3) is 5.91 Å². The topological polar surface area (TPSA) is 80.0 Å². The van der Waals surface area contributed by atoms with Crippen molar-refractivity contribution in [1.82, 2.24) is 10.3 Å². The number of nitrogen functional groups attached to an aromatic ring is 1. The maximum atomic E-state index is 11.8. The van der Waals surface area contributed by atoms with Gasteiger partial charge < -0.3 is 16.4 Å². The fourth-order valence-corrected chi connectivity index (χ4v) is 2.06. The molecule has 0 aliphatic carbocycles. The van der Waals surface area contributed by atoms with E-state index in [0.717, 1.165) is 30.9 Å². The molecule has 2 aromatic rings. The summed E-state index contributed by atoms with van der Waals surface area (Å²) in [6.45, 7) is 3.37. The molecule has 0 unspecified atom stereocenters. The molecule has 1 aromatic heterocycles. The molecule has 116 valence electrons. The van der Waals surface area contributed by atoms with Gasteiger partial charge in [-0.05, 0) is 44.0 Å². The zero-order chi connectivity index (χ0) is 15.8. The molecule has 1 aromatic carbocycles. The molecule has 0 radical (unpaired) electrons. The van der Waals surface area contributed by atoms with Gasteiger partial charge >= 0.3 is 0 Å². The lowest BCUT2D eigenvalue weighted by molar-refractivity contribution is 0.0953. The standard InChI is InChI=1S/C17H22N4O/c1-13-9-10-15(18)16(21-13)19-11-5-6-12-20-17(22)14-7-3-2-4-8-14/h2-4,7-10H,5-6,11-12,18H2,1H3,(H,19,21)(H,20,22). The van der Waals surface area contributed by atoms with E-state index in [-0.39, 0.29) is 5.91 Å². The lowest BCUT2D eigenvalue weighted by atomic mass is 10.2. The summed E-state index contributed by atoms with van der Waals surface area (Å²) in [5.41, 5.74) is 8.14. The predicted octanol–water partition coefficient (Wildman–Crippen LogP) is 2.59. The summed E-state index contributed by atoms with van der Waals surface area (Å²) in [7, 11) is 0. The Bertz CT molecular complexity index is 613. The largest absolute Gasteiger partial charge is 0.396 e. The Morgan fingerprint density at radius 3 is 2.59 bits per heavy atom. The molecule has 2 rings (SSSR count). The highest BCUT2D eigenvalue weighted by atomic mass is 16.1. The third kappa shape index (κ3) is 4.77. The van der Waals surface area contributed by atoms with Crippen LogP contribution >= 0.6 is 0 Å². The van der Waals surface area contributed by atoms with Gasteiger partial charge in [-0.3, -0.25) is 4.79 Å². The number of hydrogen-bond acceptors (Lipinski definition) is 4. The first kappa shape index (κ1) is 15.8. The quantitative estimate of drug-likeness (QED) is 0.686. The zero-order valence-electron chi connectivity index (χ0n) is 12.8. The van der Waals surface area contributed by atoms with Crippen LogP contribution in [-0.2, 0) is 0 Å². The van der Waals surface area contributed by atoms with E-state index in [2.05, 4.69) is 15.6 Å². The number of carbonyl (C=O) groups is 1. The highest BCUT2D eigenvalue weighted by Gasteiger charge is 2.03. The summed E-state index contributed by atoms with van der Waals surface area (Å²) >= 11 is 0. The maximum Gasteiger partial charge on any atom is 0.251 e. The predicted molar refractivity (Wildman–Crippen MR) is 89.9 cm³/mol. The van der Waals surface area contributed by atoms with E-state index < -0.39 is 0 Å². The van der Waals surface area contributed by atoms with E-state index in [1.165, 1.54) is 0 Å². The molecular formula is C17H22N4O. The molecule has 0 spiro atoms. The van der Waals surface area contributed by atoms with Crippen LogP contribution in [-0.4, -0.2) is 24.0 Å². The Hall–Kier alpha value is -2.56. The molecule has 1 amide bonds. The third-order valence-corrected chi connectivity index (χ3v) is 3.28. The van der Waals surface area contributed by atoms with Gasteiger partial charge in [0.05, 0.1) is 5.69 Å². The first-order chi connectivity index (χ1) is 10.7. The minimum Gasteiger partial charge on any atom is -0.396 e. The van der Waals surface area contributed by atoms with Crippen LogP contribution in [0.4, 0.5) is 11.5 Å². The second-order valence-corrected chi connectivity index (χ2v) is 5.15. The van der Waals surface area contributed by atoms with Crippen molar-refractivity contribution < 1.29 is 4.79 Å². The van der Waals surface area contributed by atoms with E-state index >= 15 is 0 Å². The Labute approximate surface area is 130 Å². The van der Waals surface area contributed by atoms with E-state index in [1.54, 1.807) is 0 Å². The van der Waals surface area contributed by atoms with Crippen molar-refractivity contribution in [2.45, 2.75) is 19.8 Å². The summed E-state index contributed by atoms with van der Waals surface area (Å²) in [6, 6.07) is 13.0. The summed E-state index contributed by atoms with van der Waals surface area (Å²) in [5, 5.41) is 6.14. The van der Waals surface area contributed by atoms with Crippen LogP contribution in [0.25, 0.3) is 0 Å². The smallest absolute Gasteiger partial charge is 0.251 e. The highest BCUT2D eigenvalue weighted by molar-refractivity contribution is 5.94. The van der Waals surface area contributed by atoms with Crippen LogP contribution in [0.2, 0.25) is 0 Å². The molecule has 1 heterocycles. The molecule has 0 bridgehead atoms. The van der Waals surface area contributed by atoms with E-state index in [0.29, 0.717) is 17.8 Å². The first-order valence-electron chi connectivity index (χ1n) is 7.47. The molecule has 22 heavy (non-hydrogen) atoms. The molecule has 0 saturated carbocycles. The fraction of sp³-hybridized carbons (Fsp3) is 0.294. The Balaban J connectivity index is 1.64. The number of nitrogens with two attached hydrogens (primary N) is 1. The van der Waals surface area contributed by atoms with E-state index in [9.17, 15) is 4.79 Å². The van der Waals surface area contributed by atoms with Crippen LogP contribution < -0.4 is 16.4 Å². The van der Waals surface area contributed by atoms with Crippen molar-refractivity contribution in [2.24, 2.45) is 0 Å². The van der Waals surface area contributed by atoms with Gasteiger partial charge in [0, 0.05) is 24.3 Å². The van der Waals surface area contributed by atoms with Gasteiger partial charge in [0.1, 0.15) is 5.82 Å². The second kappa shape index (κ2) is 8.02. The maximum absolute atomic E-state index is 11.8. The zero-order valence-corrected chi connectivity index (χ0v) is 12.8. The molecule has 0 aliphatic heterocycles. The number of anilines is 2. The number of carbonyl (C=O) groups excluding carboxylic acids is 1. The lowest BCUT2D eigenvalue weighted by Crippen LogP contribution is -2.24. The number of nitrogens with one attached hydrogen (secondary N) is 2. The number of nitrogens with zero attached hydrogens (tertiary/aromatic N) is 1. The average molecular weight is 298 g/mol. The summed E-state index contributed by atoms with van der Waals surface area (Å²) < 4.78 is 0. The van der Waals surface area contributed by atoms with Gasteiger partial charge in [0.2, 0.25) is 0 Å². The van der Waals surface area contributed by atoms with Crippen LogP contribution in [0.5, 0.6) is 0 Å². The molecule has 0 aliphatic rings. The third-order valence-electron chi connectivity index (χ3n) is 3.28. The number of amides is 1. The minimum atomic E-state index is -0.0295. The number of aromatic nitrogens is 1. The molecule has 0 saturated heterocycles. The van der Waals surface area contributed by atoms with Crippen molar-refractivity contribution in [2.75, 3.05) is 24.1 Å². The number of hydrogen-bond donors (Lipinski definition) is 3. The van der Waals surface area contributed by atoms with Gasteiger partial charge in [-0.25, -0.2) is 4.98 Å². The van der Waals surface area contributed by atoms with Crippen molar-refractivity contribution in [1.29, 1.82) is 0 Å². The number of aryl methyl sites for hydroxylation is 1. The Morgan fingerprint density at radius 2 is 1.82 bits per heavy atom. The summed E-state index contributed by atoms with van der Waals surface area (Å²) in [5.74, 6) is 0.700. The van der Waals surface area contributed by atoms with Gasteiger partial charge in [-0.1, -0.05) is 18.2 Å². The fourth-order valence-electron chi connectivity index (χ4n) is 2.06. The van der Waals surface area contributed by atoms with Gasteiger partial charge in [0.15, 0.2) is 0 Å². The highest BCUT2D eigenvalue weighted by Crippen LogP contribution is 2.15. The first-order valence-corrected chi connectivity index (χ1v) is 7.47. The van der Waals surface area contributed by atoms with Crippen molar-refractivity contribution in [3.8, 4) is 0 Å². The van der Waals surface area contributed by atoms with Gasteiger partial charge in [-0.2, -0.15) is 0 Å². The normalized spacial score (nSPS) is 10.2. The van der Waals surface area contributed by atoms with E-state index in [1.807, 2.05) is 49.4 Å². The van der Waals surface area contributed by atoms with Crippen LogP contribution in [0.15, 0.2) is 42.5 Å². The van der Waals surface area contributed by atoms with Crippen LogP contribution in [0.3, 0.4) is 0 Å². The number of pyridine rings is 1. The molecular weight excluding hydrogens is 276 g/mol.